The molecule has 4 aromatic rings. The summed E-state index contributed by atoms with van der Waals surface area (Å²) in [4.78, 5) is 23.2. The number of anilines is 2. The highest BCUT2D eigenvalue weighted by atomic mass is 35.5. The van der Waals surface area contributed by atoms with Gasteiger partial charge in [0.1, 0.15) is 0 Å². The lowest BCUT2D eigenvalue weighted by atomic mass is 9.93. The molecule has 3 aromatic carbocycles. The summed E-state index contributed by atoms with van der Waals surface area (Å²) in [5.74, 6) is 0.806. The number of nitrogens with zero attached hydrogens (tertiary/aromatic N) is 4. The van der Waals surface area contributed by atoms with Gasteiger partial charge in [-0.2, -0.15) is 0 Å². The predicted molar refractivity (Wildman–Crippen MR) is 141 cm³/mol. The number of piperazine rings is 1. The summed E-state index contributed by atoms with van der Waals surface area (Å²) in [6, 6.07) is 25.9. The van der Waals surface area contributed by atoms with E-state index in [4.69, 9.17) is 16.6 Å². The first-order chi connectivity index (χ1) is 17.1. The summed E-state index contributed by atoms with van der Waals surface area (Å²) in [5, 5.41) is 4.08. The SMILES string of the molecule is CC1=C(C(=O)N2CCN(c3ccccc3)CC2)C(c2ccc(Cl)cc2)n2c(nc3ccccc32)N1. The van der Waals surface area contributed by atoms with E-state index in [0.29, 0.717) is 18.1 Å². The standard InChI is InChI=1S/C28H26ClN5O/c1-19-25(27(35)33-17-15-32(16-18-33)22-7-3-2-4-8-22)26(20-11-13-21(29)14-12-20)34-24-10-6-5-9-23(24)31-28(34)30-19/h2-14,26H,15-18H2,1H3,(H,30,31). The van der Waals surface area contributed by atoms with Crippen LogP contribution in [-0.4, -0.2) is 46.5 Å². The third-order valence-electron chi connectivity index (χ3n) is 6.94. The number of halogens is 1. The van der Waals surface area contributed by atoms with Gasteiger partial charge in [0.25, 0.3) is 5.91 Å². The van der Waals surface area contributed by atoms with Crippen LogP contribution in [0.3, 0.4) is 0 Å². The normalized spacial score (nSPS) is 17.9. The zero-order valence-electron chi connectivity index (χ0n) is 19.5. The number of allylic oxidation sites excluding steroid dienone is 1. The summed E-state index contributed by atoms with van der Waals surface area (Å²) < 4.78 is 2.14. The van der Waals surface area contributed by atoms with Gasteiger partial charge >= 0.3 is 0 Å². The number of aromatic nitrogens is 2. The Bertz CT molecular complexity index is 1420. The summed E-state index contributed by atoms with van der Waals surface area (Å²) in [6.45, 7) is 4.94. The van der Waals surface area contributed by atoms with E-state index in [1.165, 1.54) is 5.69 Å². The van der Waals surface area contributed by atoms with Gasteiger partial charge in [0.05, 0.1) is 22.6 Å². The lowest BCUT2D eigenvalue weighted by Crippen LogP contribution is -2.50. The molecule has 2 aliphatic heterocycles. The van der Waals surface area contributed by atoms with E-state index in [-0.39, 0.29) is 11.9 Å². The van der Waals surface area contributed by atoms with Gasteiger partial charge in [0.15, 0.2) is 0 Å². The van der Waals surface area contributed by atoms with E-state index in [1.807, 2.05) is 60.4 Å². The molecule has 6 rings (SSSR count). The smallest absolute Gasteiger partial charge is 0.254 e. The molecule has 0 bridgehead atoms. The van der Waals surface area contributed by atoms with Crippen LogP contribution in [0.4, 0.5) is 11.6 Å². The van der Waals surface area contributed by atoms with Crippen molar-refractivity contribution in [2.45, 2.75) is 13.0 Å². The van der Waals surface area contributed by atoms with E-state index < -0.39 is 0 Å². The fourth-order valence-corrected chi connectivity index (χ4v) is 5.30. The van der Waals surface area contributed by atoms with Gasteiger partial charge in [-0.15, -0.1) is 0 Å². The Hall–Kier alpha value is -3.77. The highest BCUT2D eigenvalue weighted by Gasteiger charge is 2.36. The maximum atomic E-state index is 14.1. The topological polar surface area (TPSA) is 53.4 Å². The van der Waals surface area contributed by atoms with Crippen molar-refractivity contribution in [2.24, 2.45) is 0 Å². The van der Waals surface area contributed by atoms with Crippen molar-refractivity contribution in [3.63, 3.8) is 0 Å². The predicted octanol–water partition coefficient (Wildman–Crippen LogP) is 5.33. The third-order valence-corrected chi connectivity index (χ3v) is 7.19. The molecule has 1 amide bonds. The molecule has 3 heterocycles. The second-order valence-electron chi connectivity index (χ2n) is 9.03. The third kappa shape index (κ3) is 3.84. The lowest BCUT2D eigenvalue weighted by Gasteiger charge is -2.39. The molecule has 1 aromatic heterocycles. The monoisotopic (exact) mass is 483 g/mol. The number of imidazole rings is 1. The number of para-hydroxylation sites is 3. The molecule has 2 aliphatic rings. The molecule has 176 valence electrons. The maximum Gasteiger partial charge on any atom is 0.254 e. The molecule has 1 fully saturated rings. The van der Waals surface area contributed by atoms with Gasteiger partial charge in [-0.1, -0.05) is 54.1 Å². The van der Waals surface area contributed by atoms with E-state index in [9.17, 15) is 4.79 Å². The van der Waals surface area contributed by atoms with Crippen molar-refractivity contribution in [3.8, 4) is 0 Å². The second kappa shape index (κ2) is 8.78. The summed E-state index contributed by atoms with van der Waals surface area (Å²) in [7, 11) is 0. The first kappa shape index (κ1) is 21.7. The minimum Gasteiger partial charge on any atom is -0.368 e. The van der Waals surface area contributed by atoms with Crippen LogP contribution in [0.25, 0.3) is 11.0 Å². The molecule has 0 spiro atoms. The summed E-state index contributed by atoms with van der Waals surface area (Å²) >= 11 is 6.21. The van der Waals surface area contributed by atoms with Crippen molar-refractivity contribution in [1.82, 2.24) is 14.5 Å². The molecule has 1 saturated heterocycles. The highest BCUT2D eigenvalue weighted by Crippen LogP contribution is 2.40. The van der Waals surface area contributed by atoms with Crippen LogP contribution in [0.2, 0.25) is 5.02 Å². The fourth-order valence-electron chi connectivity index (χ4n) is 5.18. The second-order valence-corrected chi connectivity index (χ2v) is 9.46. The average Bonchev–Trinajstić information content (AvgIpc) is 3.26. The lowest BCUT2D eigenvalue weighted by molar-refractivity contribution is -0.127. The quantitative estimate of drug-likeness (QED) is 0.428. The molecule has 7 heteroatoms. The molecule has 35 heavy (non-hydrogen) atoms. The molecule has 1 unspecified atom stereocenters. The van der Waals surface area contributed by atoms with Crippen LogP contribution in [-0.2, 0) is 4.79 Å². The molecule has 1 atom stereocenters. The Morgan fingerprint density at radius 3 is 2.34 bits per heavy atom. The van der Waals surface area contributed by atoms with E-state index >= 15 is 0 Å². The van der Waals surface area contributed by atoms with Crippen LogP contribution in [0.5, 0.6) is 0 Å². The van der Waals surface area contributed by atoms with Crippen LogP contribution in [0, 0.1) is 0 Å². The number of fused-ring (bicyclic) bond motifs is 3. The first-order valence-electron chi connectivity index (χ1n) is 11.9. The van der Waals surface area contributed by atoms with Crippen molar-refractivity contribution >= 4 is 40.2 Å². The zero-order chi connectivity index (χ0) is 23.9. The Morgan fingerprint density at radius 1 is 0.914 bits per heavy atom. The minimum absolute atomic E-state index is 0.0612. The molecule has 0 radical (unpaired) electrons. The number of carbonyl (C=O) groups is 1. The van der Waals surface area contributed by atoms with Crippen molar-refractivity contribution in [3.05, 3.63) is 101 Å². The van der Waals surface area contributed by atoms with Gasteiger partial charge in [-0.25, -0.2) is 4.98 Å². The number of rotatable bonds is 3. The number of benzene rings is 3. The fraction of sp³-hybridized carbons (Fsp3) is 0.214. The van der Waals surface area contributed by atoms with Gasteiger partial charge in [0, 0.05) is 42.6 Å². The number of hydrogen-bond donors (Lipinski definition) is 1. The van der Waals surface area contributed by atoms with Gasteiger partial charge in [0.2, 0.25) is 5.95 Å². The summed E-state index contributed by atoms with van der Waals surface area (Å²) in [6.07, 6.45) is 0. The molecular weight excluding hydrogens is 458 g/mol. The highest BCUT2D eigenvalue weighted by molar-refractivity contribution is 6.30. The molecule has 6 nitrogen and oxygen atoms in total. The van der Waals surface area contributed by atoms with E-state index in [0.717, 1.165) is 46.9 Å². The van der Waals surface area contributed by atoms with Crippen LogP contribution in [0.1, 0.15) is 18.5 Å². The number of nitrogens with one attached hydrogen (secondary N) is 1. The Kier molecular flexibility index (Phi) is 5.46. The molecule has 1 N–H and O–H groups in total. The summed E-state index contributed by atoms with van der Waals surface area (Å²) in [5.41, 5.74) is 5.67. The average molecular weight is 484 g/mol. The van der Waals surface area contributed by atoms with Crippen molar-refractivity contribution < 1.29 is 4.79 Å². The van der Waals surface area contributed by atoms with E-state index in [1.54, 1.807) is 0 Å². The largest absolute Gasteiger partial charge is 0.368 e. The van der Waals surface area contributed by atoms with Crippen LogP contribution in [0.15, 0.2) is 90.1 Å². The van der Waals surface area contributed by atoms with Crippen molar-refractivity contribution in [2.75, 3.05) is 36.4 Å². The van der Waals surface area contributed by atoms with Crippen molar-refractivity contribution in [1.29, 1.82) is 0 Å². The Balaban J connectivity index is 1.37. The van der Waals surface area contributed by atoms with Gasteiger partial charge in [-0.05, 0) is 48.9 Å². The molecule has 0 aliphatic carbocycles. The molecule has 0 saturated carbocycles. The molecular formula is C28H26ClN5O. The van der Waals surface area contributed by atoms with E-state index in [2.05, 4.69) is 45.1 Å². The van der Waals surface area contributed by atoms with Crippen LogP contribution >= 0.6 is 11.6 Å². The number of hydrogen-bond acceptors (Lipinski definition) is 4. The van der Waals surface area contributed by atoms with Gasteiger partial charge in [-0.3, -0.25) is 9.36 Å². The zero-order valence-corrected chi connectivity index (χ0v) is 20.2. The Morgan fingerprint density at radius 2 is 1.60 bits per heavy atom. The van der Waals surface area contributed by atoms with Crippen LogP contribution < -0.4 is 10.2 Å². The number of amides is 1. The maximum absolute atomic E-state index is 14.1. The Labute approximate surface area is 209 Å². The first-order valence-corrected chi connectivity index (χ1v) is 12.3. The van der Waals surface area contributed by atoms with Gasteiger partial charge < -0.3 is 15.1 Å². The number of carbonyl (C=O) groups excluding carboxylic acids is 1. The minimum atomic E-state index is -0.296.